The van der Waals surface area contributed by atoms with Gasteiger partial charge in [0, 0.05) is 12.3 Å². The number of rotatable bonds is 6. The zero-order valence-electron chi connectivity index (χ0n) is 8.90. The molecule has 15 heavy (non-hydrogen) atoms. The summed E-state index contributed by atoms with van der Waals surface area (Å²) in [6.07, 6.45) is 3.96. The lowest BCUT2D eigenvalue weighted by atomic mass is 10.2. The van der Waals surface area contributed by atoms with Crippen LogP contribution in [0.5, 0.6) is 5.88 Å². The molecule has 82 valence electrons. The summed E-state index contributed by atoms with van der Waals surface area (Å²) >= 11 is 0. The SMILES string of the molecule is CCCCOc1ccc(CC(N)=O)cn1. The second-order valence-electron chi connectivity index (χ2n) is 3.35. The minimum atomic E-state index is -0.351. The van der Waals surface area contributed by atoms with Crippen molar-refractivity contribution in [2.24, 2.45) is 5.73 Å². The third-order valence-electron chi connectivity index (χ3n) is 1.92. The lowest BCUT2D eigenvalue weighted by Gasteiger charge is -2.04. The maximum absolute atomic E-state index is 10.6. The average Bonchev–Trinajstić information content (AvgIpc) is 2.20. The molecule has 0 aliphatic rings. The molecule has 4 heteroatoms. The quantitative estimate of drug-likeness (QED) is 0.716. The van der Waals surface area contributed by atoms with Crippen molar-refractivity contribution in [3.8, 4) is 5.88 Å². The van der Waals surface area contributed by atoms with E-state index in [1.807, 2.05) is 0 Å². The number of ether oxygens (including phenoxy) is 1. The van der Waals surface area contributed by atoms with E-state index in [-0.39, 0.29) is 12.3 Å². The number of primary amides is 1. The molecule has 0 atom stereocenters. The van der Waals surface area contributed by atoms with Crippen LogP contribution in [-0.2, 0) is 11.2 Å². The van der Waals surface area contributed by atoms with Crippen LogP contribution in [0.4, 0.5) is 0 Å². The molecule has 1 amide bonds. The standard InChI is InChI=1S/C11H16N2O2/c1-2-3-6-15-11-5-4-9(8-13-11)7-10(12)14/h4-5,8H,2-3,6-7H2,1H3,(H2,12,14). The predicted octanol–water partition coefficient (Wildman–Crippen LogP) is 1.29. The third kappa shape index (κ3) is 4.44. The van der Waals surface area contributed by atoms with Gasteiger partial charge in [0.15, 0.2) is 0 Å². The van der Waals surface area contributed by atoms with E-state index in [1.54, 1.807) is 18.3 Å². The fraction of sp³-hybridized carbons (Fsp3) is 0.455. The number of hydrogen-bond acceptors (Lipinski definition) is 3. The second kappa shape index (κ2) is 6.01. The predicted molar refractivity (Wildman–Crippen MR) is 57.5 cm³/mol. The van der Waals surface area contributed by atoms with E-state index in [0.717, 1.165) is 18.4 Å². The number of pyridine rings is 1. The van der Waals surface area contributed by atoms with Crippen molar-refractivity contribution >= 4 is 5.91 Å². The number of nitrogens with zero attached hydrogens (tertiary/aromatic N) is 1. The summed E-state index contributed by atoms with van der Waals surface area (Å²) < 4.78 is 5.38. The van der Waals surface area contributed by atoms with Gasteiger partial charge in [0.05, 0.1) is 13.0 Å². The Morgan fingerprint density at radius 2 is 2.33 bits per heavy atom. The molecular weight excluding hydrogens is 192 g/mol. The van der Waals surface area contributed by atoms with Crippen LogP contribution in [0.15, 0.2) is 18.3 Å². The molecule has 0 spiro atoms. The number of carbonyl (C=O) groups is 1. The fourth-order valence-corrected chi connectivity index (χ4v) is 1.12. The molecule has 1 rings (SSSR count). The Kier molecular flexibility index (Phi) is 4.60. The van der Waals surface area contributed by atoms with Gasteiger partial charge >= 0.3 is 0 Å². The molecule has 0 aliphatic heterocycles. The van der Waals surface area contributed by atoms with Crippen LogP contribution in [0.1, 0.15) is 25.3 Å². The second-order valence-corrected chi connectivity index (χ2v) is 3.35. The molecule has 2 N–H and O–H groups in total. The largest absolute Gasteiger partial charge is 0.478 e. The summed E-state index contributed by atoms with van der Waals surface area (Å²) in [5.41, 5.74) is 5.87. The van der Waals surface area contributed by atoms with Crippen LogP contribution in [0.3, 0.4) is 0 Å². The van der Waals surface area contributed by atoms with E-state index in [9.17, 15) is 4.79 Å². The molecule has 1 heterocycles. The smallest absolute Gasteiger partial charge is 0.221 e. The Morgan fingerprint density at radius 3 is 2.87 bits per heavy atom. The monoisotopic (exact) mass is 208 g/mol. The topological polar surface area (TPSA) is 65.2 Å². The molecule has 0 fully saturated rings. The summed E-state index contributed by atoms with van der Waals surface area (Å²) in [6, 6.07) is 3.56. The van der Waals surface area contributed by atoms with E-state index < -0.39 is 0 Å². The molecule has 1 aromatic rings. The Hall–Kier alpha value is -1.58. The molecule has 0 aliphatic carbocycles. The summed E-state index contributed by atoms with van der Waals surface area (Å²) in [4.78, 5) is 14.7. The first kappa shape index (κ1) is 11.5. The minimum absolute atomic E-state index is 0.224. The number of hydrogen-bond donors (Lipinski definition) is 1. The summed E-state index contributed by atoms with van der Waals surface area (Å²) in [5, 5.41) is 0. The number of aromatic nitrogens is 1. The van der Waals surface area contributed by atoms with E-state index in [0.29, 0.717) is 12.5 Å². The molecule has 0 saturated heterocycles. The Bertz CT molecular complexity index is 309. The molecule has 1 aromatic heterocycles. The first-order valence-electron chi connectivity index (χ1n) is 5.08. The van der Waals surface area contributed by atoms with Gasteiger partial charge in [0.2, 0.25) is 11.8 Å². The summed E-state index contributed by atoms with van der Waals surface area (Å²) in [7, 11) is 0. The van der Waals surface area contributed by atoms with Crippen LogP contribution in [0, 0.1) is 0 Å². The maximum atomic E-state index is 10.6. The Labute approximate surface area is 89.5 Å². The first-order valence-corrected chi connectivity index (χ1v) is 5.08. The van der Waals surface area contributed by atoms with Gasteiger partial charge < -0.3 is 10.5 Å². The Morgan fingerprint density at radius 1 is 1.53 bits per heavy atom. The van der Waals surface area contributed by atoms with Crippen molar-refractivity contribution < 1.29 is 9.53 Å². The zero-order chi connectivity index (χ0) is 11.1. The van der Waals surface area contributed by atoms with Crippen molar-refractivity contribution in [1.29, 1.82) is 0 Å². The highest BCUT2D eigenvalue weighted by atomic mass is 16.5. The van der Waals surface area contributed by atoms with E-state index in [4.69, 9.17) is 10.5 Å². The van der Waals surface area contributed by atoms with Crippen molar-refractivity contribution in [3.05, 3.63) is 23.9 Å². The number of nitrogens with two attached hydrogens (primary N) is 1. The van der Waals surface area contributed by atoms with Gasteiger partial charge in [-0.1, -0.05) is 19.4 Å². The highest BCUT2D eigenvalue weighted by Crippen LogP contribution is 2.08. The lowest BCUT2D eigenvalue weighted by molar-refractivity contribution is -0.117. The highest BCUT2D eigenvalue weighted by Gasteiger charge is 1.99. The van der Waals surface area contributed by atoms with Crippen LogP contribution < -0.4 is 10.5 Å². The molecule has 0 aromatic carbocycles. The molecular formula is C11H16N2O2. The van der Waals surface area contributed by atoms with Crippen LogP contribution in [0.2, 0.25) is 0 Å². The van der Waals surface area contributed by atoms with Crippen molar-refractivity contribution in [1.82, 2.24) is 4.98 Å². The van der Waals surface area contributed by atoms with Gasteiger partial charge in [0.25, 0.3) is 0 Å². The van der Waals surface area contributed by atoms with Gasteiger partial charge in [-0.15, -0.1) is 0 Å². The van der Waals surface area contributed by atoms with Crippen molar-refractivity contribution in [3.63, 3.8) is 0 Å². The normalized spacial score (nSPS) is 9.93. The van der Waals surface area contributed by atoms with Gasteiger partial charge in [-0.3, -0.25) is 4.79 Å². The first-order chi connectivity index (χ1) is 7.22. The molecule has 0 saturated carbocycles. The van der Waals surface area contributed by atoms with E-state index in [1.165, 1.54) is 0 Å². The number of unbranched alkanes of at least 4 members (excludes halogenated alkanes) is 1. The van der Waals surface area contributed by atoms with Crippen LogP contribution in [0.25, 0.3) is 0 Å². The molecule has 0 unspecified atom stereocenters. The van der Waals surface area contributed by atoms with Crippen molar-refractivity contribution in [2.75, 3.05) is 6.61 Å². The summed E-state index contributed by atoms with van der Waals surface area (Å²) in [6.45, 7) is 2.78. The fourth-order valence-electron chi connectivity index (χ4n) is 1.12. The van der Waals surface area contributed by atoms with Gasteiger partial charge in [-0.2, -0.15) is 0 Å². The van der Waals surface area contributed by atoms with Gasteiger partial charge in [-0.05, 0) is 12.0 Å². The minimum Gasteiger partial charge on any atom is -0.478 e. The van der Waals surface area contributed by atoms with Crippen LogP contribution in [-0.4, -0.2) is 17.5 Å². The van der Waals surface area contributed by atoms with Crippen LogP contribution >= 0.6 is 0 Å². The molecule has 4 nitrogen and oxygen atoms in total. The highest BCUT2D eigenvalue weighted by molar-refractivity contribution is 5.76. The van der Waals surface area contributed by atoms with E-state index in [2.05, 4.69) is 11.9 Å². The number of amides is 1. The van der Waals surface area contributed by atoms with E-state index >= 15 is 0 Å². The zero-order valence-corrected chi connectivity index (χ0v) is 8.90. The third-order valence-corrected chi connectivity index (χ3v) is 1.92. The Balaban J connectivity index is 2.45. The van der Waals surface area contributed by atoms with Crippen molar-refractivity contribution in [2.45, 2.75) is 26.2 Å². The molecule has 0 bridgehead atoms. The number of carbonyl (C=O) groups excluding carboxylic acids is 1. The molecule has 0 radical (unpaired) electrons. The lowest BCUT2D eigenvalue weighted by Crippen LogP contribution is -2.13. The average molecular weight is 208 g/mol. The van der Waals surface area contributed by atoms with Gasteiger partial charge in [-0.25, -0.2) is 4.98 Å². The van der Waals surface area contributed by atoms with Gasteiger partial charge in [0.1, 0.15) is 0 Å². The summed E-state index contributed by atoms with van der Waals surface area (Å²) in [5.74, 6) is 0.244. The maximum Gasteiger partial charge on any atom is 0.221 e.